The van der Waals surface area contributed by atoms with Crippen LogP contribution in [-0.2, 0) is 4.79 Å². The number of nitrogens with zero attached hydrogens (tertiary/aromatic N) is 1. The Labute approximate surface area is 99.5 Å². The van der Waals surface area contributed by atoms with Gasteiger partial charge in [-0.15, -0.1) is 0 Å². The second-order valence-electron chi connectivity index (χ2n) is 4.10. The van der Waals surface area contributed by atoms with E-state index >= 15 is 0 Å². The van der Waals surface area contributed by atoms with Crippen molar-refractivity contribution in [1.82, 2.24) is 4.98 Å². The van der Waals surface area contributed by atoms with Crippen molar-refractivity contribution in [3.05, 3.63) is 30.0 Å². The zero-order valence-electron chi connectivity index (χ0n) is 10.2. The van der Waals surface area contributed by atoms with Gasteiger partial charge < -0.3 is 9.72 Å². The molecule has 0 saturated heterocycles. The van der Waals surface area contributed by atoms with E-state index < -0.39 is 0 Å². The van der Waals surface area contributed by atoms with Gasteiger partial charge in [0.15, 0.2) is 12.0 Å². The third-order valence-electron chi connectivity index (χ3n) is 2.32. The molecule has 2 aromatic rings. The fourth-order valence-electron chi connectivity index (χ4n) is 1.74. The van der Waals surface area contributed by atoms with Crippen molar-refractivity contribution >= 4 is 23.1 Å². The fraction of sp³-hybridized carbons (Fsp3) is 0.231. The predicted octanol–water partition coefficient (Wildman–Crippen LogP) is 1.78. The van der Waals surface area contributed by atoms with E-state index in [9.17, 15) is 4.79 Å². The van der Waals surface area contributed by atoms with Gasteiger partial charge in [-0.3, -0.25) is 4.79 Å². The first-order chi connectivity index (χ1) is 8.08. The fourth-order valence-corrected chi connectivity index (χ4v) is 1.74. The molecule has 0 aliphatic carbocycles. The van der Waals surface area contributed by atoms with Crippen molar-refractivity contribution in [2.75, 3.05) is 14.1 Å². The number of rotatable bonds is 2. The Morgan fingerprint density at radius 2 is 2.06 bits per heavy atom. The number of carbonyl (C=O) groups is 1. The van der Waals surface area contributed by atoms with Gasteiger partial charge in [0.1, 0.15) is 19.8 Å². The van der Waals surface area contributed by atoms with Crippen molar-refractivity contribution < 1.29 is 14.1 Å². The summed E-state index contributed by atoms with van der Waals surface area (Å²) >= 11 is 0. The highest BCUT2D eigenvalue weighted by atomic mass is 16.5. The van der Waals surface area contributed by atoms with E-state index in [0.717, 1.165) is 16.6 Å². The zero-order valence-corrected chi connectivity index (χ0v) is 10.2. The number of ether oxygens (including phenoxy) is 1. The lowest BCUT2D eigenvalue weighted by Gasteiger charge is -1.99. The third-order valence-corrected chi connectivity index (χ3v) is 2.32. The summed E-state index contributed by atoms with van der Waals surface area (Å²) in [6.07, 6.45) is 1.89. The van der Waals surface area contributed by atoms with Gasteiger partial charge in [0, 0.05) is 17.8 Å². The molecule has 0 fully saturated rings. The van der Waals surface area contributed by atoms with Crippen LogP contribution in [0.1, 0.15) is 12.6 Å². The molecule has 88 valence electrons. The normalized spacial score (nSPS) is 10.3. The highest BCUT2D eigenvalue weighted by Gasteiger charge is 2.14. The maximum Gasteiger partial charge on any atom is 0.308 e. The van der Waals surface area contributed by atoms with Gasteiger partial charge in [0.25, 0.3) is 0 Å². The number of benzene rings is 1. The summed E-state index contributed by atoms with van der Waals surface area (Å²) < 4.78 is 7.17. The summed E-state index contributed by atoms with van der Waals surface area (Å²) in [5.41, 5.74) is 1.75. The average Bonchev–Trinajstić information content (AvgIpc) is 2.55. The van der Waals surface area contributed by atoms with E-state index in [2.05, 4.69) is 4.98 Å². The average molecular weight is 231 g/mol. The summed E-state index contributed by atoms with van der Waals surface area (Å²) in [6, 6.07) is 7.74. The molecule has 0 atom stereocenters. The lowest BCUT2D eigenvalue weighted by molar-refractivity contribution is -0.458. The third kappa shape index (κ3) is 2.36. The molecule has 0 aliphatic rings. The minimum Gasteiger partial charge on any atom is -0.424 e. The molecule has 1 N–H and O–H groups in total. The quantitative estimate of drug-likeness (QED) is 0.486. The van der Waals surface area contributed by atoms with Gasteiger partial charge in [0.2, 0.25) is 0 Å². The number of fused-ring (bicyclic) bond motifs is 1. The van der Waals surface area contributed by atoms with Crippen LogP contribution in [0.5, 0.6) is 5.75 Å². The van der Waals surface area contributed by atoms with Crippen LogP contribution < -0.4 is 4.74 Å². The molecule has 1 aromatic carbocycles. The standard InChI is InChI=1S/C13H14N2O2/c1-9(16)17-13-10-6-4-5-7-11(10)14-12(13)8-15(2)3/h4-8H,1-3H3/p+1. The molecule has 0 spiro atoms. The molecule has 17 heavy (non-hydrogen) atoms. The van der Waals surface area contributed by atoms with Crippen LogP contribution in [0.15, 0.2) is 24.3 Å². The molecule has 4 heteroatoms. The first-order valence-corrected chi connectivity index (χ1v) is 5.38. The largest absolute Gasteiger partial charge is 0.424 e. The van der Waals surface area contributed by atoms with E-state index in [1.807, 2.05) is 49.2 Å². The minimum absolute atomic E-state index is 0.317. The summed E-state index contributed by atoms with van der Waals surface area (Å²) in [5, 5.41) is 0.913. The molecule has 0 aliphatic heterocycles. The number of hydrogen-bond acceptors (Lipinski definition) is 2. The van der Waals surface area contributed by atoms with Gasteiger partial charge in [-0.25, -0.2) is 4.58 Å². The first kappa shape index (κ1) is 11.4. The van der Waals surface area contributed by atoms with Gasteiger partial charge in [-0.1, -0.05) is 12.1 Å². The molecule has 0 amide bonds. The Morgan fingerprint density at radius 3 is 2.71 bits per heavy atom. The maximum atomic E-state index is 11.1. The molecule has 1 aromatic heterocycles. The van der Waals surface area contributed by atoms with Gasteiger partial charge in [-0.05, 0) is 12.1 Å². The van der Waals surface area contributed by atoms with Crippen molar-refractivity contribution in [2.24, 2.45) is 0 Å². The SMILES string of the molecule is CC(=O)Oc1c(C=[N+](C)C)[nH]c2ccccc12. The smallest absolute Gasteiger partial charge is 0.308 e. The summed E-state index contributed by atoms with van der Waals surface area (Å²) in [4.78, 5) is 14.4. The van der Waals surface area contributed by atoms with Crippen molar-refractivity contribution in [1.29, 1.82) is 0 Å². The molecule has 0 saturated carbocycles. The second-order valence-corrected chi connectivity index (χ2v) is 4.10. The van der Waals surface area contributed by atoms with Gasteiger partial charge >= 0.3 is 5.97 Å². The van der Waals surface area contributed by atoms with E-state index in [4.69, 9.17) is 4.74 Å². The summed E-state index contributed by atoms with van der Waals surface area (Å²) in [6.45, 7) is 1.40. The van der Waals surface area contributed by atoms with E-state index in [1.165, 1.54) is 6.92 Å². The molecule has 1 heterocycles. The molecule has 0 bridgehead atoms. The lowest BCUT2D eigenvalue weighted by atomic mass is 10.2. The predicted molar refractivity (Wildman–Crippen MR) is 66.9 cm³/mol. The first-order valence-electron chi connectivity index (χ1n) is 5.38. The van der Waals surface area contributed by atoms with E-state index in [-0.39, 0.29) is 5.97 Å². The molecule has 0 unspecified atom stereocenters. The summed E-state index contributed by atoms with van der Waals surface area (Å²) in [7, 11) is 3.84. The summed E-state index contributed by atoms with van der Waals surface area (Å²) in [5.74, 6) is 0.268. The van der Waals surface area contributed by atoms with Crippen LogP contribution in [0.25, 0.3) is 10.9 Å². The Balaban J connectivity index is 2.64. The number of carbonyl (C=O) groups excluding carboxylic acids is 1. The van der Waals surface area contributed by atoms with Gasteiger partial charge in [-0.2, -0.15) is 0 Å². The topological polar surface area (TPSA) is 45.1 Å². The maximum absolute atomic E-state index is 11.1. The number of hydrogen-bond donors (Lipinski definition) is 1. The number of H-pyrrole nitrogens is 1. The number of aromatic amines is 1. The minimum atomic E-state index is -0.317. The van der Waals surface area contributed by atoms with Crippen molar-refractivity contribution in [2.45, 2.75) is 6.92 Å². The number of para-hydroxylation sites is 1. The lowest BCUT2D eigenvalue weighted by Crippen LogP contribution is -2.06. The monoisotopic (exact) mass is 231 g/mol. The van der Waals surface area contributed by atoms with Crippen LogP contribution in [-0.4, -0.2) is 35.8 Å². The zero-order chi connectivity index (χ0) is 12.4. The Kier molecular flexibility index (Phi) is 2.95. The Hall–Kier alpha value is -2.10. The number of aromatic nitrogens is 1. The highest BCUT2D eigenvalue weighted by molar-refractivity contribution is 5.97. The Morgan fingerprint density at radius 1 is 1.35 bits per heavy atom. The van der Waals surface area contributed by atoms with Gasteiger partial charge in [0.05, 0.1) is 0 Å². The van der Waals surface area contributed by atoms with Crippen molar-refractivity contribution in [3.8, 4) is 5.75 Å². The van der Waals surface area contributed by atoms with E-state index in [1.54, 1.807) is 0 Å². The number of esters is 1. The molecule has 0 radical (unpaired) electrons. The molecule has 2 rings (SSSR count). The van der Waals surface area contributed by atoms with Crippen LogP contribution in [0.3, 0.4) is 0 Å². The van der Waals surface area contributed by atoms with Crippen LogP contribution in [0.2, 0.25) is 0 Å². The molecule has 4 nitrogen and oxygen atoms in total. The second kappa shape index (κ2) is 4.41. The number of nitrogens with one attached hydrogen (secondary N) is 1. The van der Waals surface area contributed by atoms with Crippen molar-refractivity contribution in [3.63, 3.8) is 0 Å². The van der Waals surface area contributed by atoms with Crippen LogP contribution in [0.4, 0.5) is 0 Å². The highest BCUT2D eigenvalue weighted by Crippen LogP contribution is 2.28. The molecular formula is C13H15N2O2+. The van der Waals surface area contributed by atoms with Crippen LogP contribution in [0, 0.1) is 0 Å². The Bertz CT molecular complexity index is 592. The van der Waals surface area contributed by atoms with Crippen LogP contribution >= 0.6 is 0 Å². The van der Waals surface area contributed by atoms with E-state index in [0.29, 0.717) is 5.75 Å². The molecular weight excluding hydrogens is 216 g/mol.